The van der Waals surface area contributed by atoms with Crippen LogP contribution in [-0.4, -0.2) is 42.1 Å². The standard InChI is InChI=1S/C12H15BrN4/c1-17(2)7-6-14-12-15-8-9-4-3-5-10(13)11(9)16-12/h3-5,8H,6-7H2,1-2H3,(H,14,15,16). The summed E-state index contributed by atoms with van der Waals surface area (Å²) in [4.78, 5) is 10.9. The average molecular weight is 295 g/mol. The molecule has 1 aromatic carbocycles. The van der Waals surface area contributed by atoms with Crippen LogP contribution in [0.5, 0.6) is 0 Å². The highest BCUT2D eigenvalue weighted by molar-refractivity contribution is 9.10. The van der Waals surface area contributed by atoms with Gasteiger partial charge in [0, 0.05) is 29.1 Å². The number of para-hydroxylation sites is 1. The summed E-state index contributed by atoms with van der Waals surface area (Å²) >= 11 is 3.50. The van der Waals surface area contributed by atoms with Crippen LogP contribution in [0, 0.1) is 0 Å². The van der Waals surface area contributed by atoms with Crippen molar-refractivity contribution in [1.82, 2.24) is 14.9 Å². The fourth-order valence-electron chi connectivity index (χ4n) is 1.50. The van der Waals surface area contributed by atoms with Crippen LogP contribution in [-0.2, 0) is 0 Å². The van der Waals surface area contributed by atoms with E-state index >= 15 is 0 Å². The van der Waals surface area contributed by atoms with E-state index in [1.54, 1.807) is 0 Å². The molecule has 2 aromatic rings. The van der Waals surface area contributed by atoms with E-state index in [2.05, 4.69) is 36.1 Å². The summed E-state index contributed by atoms with van der Waals surface area (Å²) in [5.41, 5.74) is 0.940. The zero-order valence-electron chi connectivity index (χ0n) is 9.94. The molecule has 0 aliphatic heterocycles. The molecule has 1 heterocycles. The minimum absolute atomic E-state index is 0.672. The summed E-state index contributed by atoms with van der Waals surface area (Å²) in [7, 11) is 4.08. The van der Waals surface area contributed by atoms with Gasteiger partial charge < -0.3 is 10.2 Å². The Morgan fingerprint density at radius 2 is 2.18 bits per heavy atom. The number of fused-ring (bicyclic) bond motifs is 1. The van der Waals surface area contributed by atoms with Crippen molar-refractivity contribution in [2.24, 2.45) is 0 Å². The second-order valence-corrected chi connectivity index (χ2v) is 4.96. The minimum Gasteiger partial charge on any atom is -0.353 e. The van der Waals surface area contributed by atoms with Gasteiger partial charge in [0.15, 0.2) is 0 Å². The first kappa shape index (κ1) is 12.3. The van der Waals surface area contributed by atoms with E-state index in [0.717, 1.165) is 28.5 Å². The third kappa shape index (κ3) is 3.14. The predicted octanol–water partition coefficient (Wildman–Crippen LogP) is 2.37. The average Bonchev–Trinajstić information content (AvgIpc) is 2.30. The number of hydrogen-bond donors (Lipinski definition) is 1. The second kappa shape index (κ2) is 5.42. The molecule has 1 N–H and O–H groups in total. The quantitative estimate of drug-likeness (QED) is 0.940. The van der Waals surface area contributed by atoms with Gasteiger partial charge in [0.25, 0.3) is 0 Å². The maximum absolute atomic E-state index is 4.48. The number of hydrogen-bond acceptors (Lipinski definition) is 4. The highest BCUT2D eigenvalue weighted by Gasteiger charge is 2.02. The van der Waals surface area contributed by atoms with Gasteiger partial charge in [0.05, 0.1) is 5.52 Å². The number of aromatic nitrogens is 2. The topological polar surface area (TPSA) is 41.0 Å². The molecule has 0 radical (unpaired) electrons. The van der Waals surface area contributed by atoms with Crippen molar-refractivity contribution in [1.29, 1.82) is 0 Å². The molecule has 2 rings (SSSR count). The highest BCUT2D eigenvalue weighted by atomic mass is 79.9. The van der Waals surface area contributed by atoms with Crippen molar-refractivity contribution in [2.45, 2.75) is 0 Å². The fourth-order valence-corrected chi connectivity index (χ4v) is 1.97. The van der Waals surface area contributed by atoms with Crippen LogP contribution in [0.4, 0.5) is 5.95 Å². The summed E-state index contributed by atoms with van der Waals surface area (Å²) < 4.78 is 0.994. The van der Waals surface area contributed by atoms with Crippen molar-refractivity contribution >= 4 is 32.8 Å². The van der Waals surface area contributed by atoms with Crippen LogP contribution in [0.3, 0.4) is 0 Å². The van der Waals surface area contributed by atoms with Gasteiger partial charge in [-0.25, -0.2) is 9.97 Å². The van der Waals surface area contributed by atoms with Crippen molar-refractivity contribution in [3.8, 4) is 0 Å². The number of likely N-dealkylation sites (N-methyl/N-ethyl adjacent to an activating group) is 1. The number of rotatable bonds is 4. The van der Waals surface area contributed by atoms with E-state index in [1.165, 1.54) is 0 Å². The Morgan fingerprint density at radius 3 is 2.94 bits per heavy atom. The summed E-state index contributed by atoms with van der Waals surface area (Å²) in [5, 5.41) is 4.25. The highest BCUT2D eigenvalue weighted by Crippen LogP contribution is 2.21. The maximum Gasteiger partial charge on any atom is 0.223 e. The van der Waals surface area contributed by atoms with Crippen LogP contribution < -0.4 is 5.32 Å². The molecule has 0 saturated heterocycles. The molecule has 0 aliphatic rings. The molecule has 90 valence electrons. The summed E-state index contributed by atoms with van der Waals surface area (Å²) in [5.74, 6) is 0.672. The zero-order chi connectivity index (χ0) is 12.3. The number of anilines is 1. The lowest BCUT2D eigenvalue weighted by molar-refractivity contribution is 0.425. The minimum atomic E-state index is 0.672. The van der Waals surface area contributed by atoms with Gasteiger partial charge in [-0.2, -0.15) is 0 Å². The monoisotopic (exact) mass is 294 g/mol. The molecule has 17 heavy (non-hydrogen) atoms. The van der Waals surface area contributed by atoms with E-state index in [4.69, 9.17) is 0 Å². The lowest BCUT2D eigenvalue weighted by Crippen LogP contribution is -2.21. The lowest BCUT2D eigenvalue weighted by atomic mass is 10.2. The Balaban J connectivity index is 2.17. The molecule has 0 saturated carbocycles. The fraction of sp³-hybridized carbons (Fsp3) is 0.333. The lowest BCUT2D eigenvalue weighted by Gasteiger charge is -2.10. The van der Waals surface area contributed by atoms with Gasteiger partial charge in [-0.15, -0.1) is 0 Å². The smallest absolute Gasteiger partial charge is 0.223 e. The molecule has 0 spiro atoms. The molecular weight excluding hydrogens is 280 g/mol. The number of halogens is 1. The summed E-state index contributed by atoms with van der Waals surface area (Å²) in [6.07, 6.45) is 1.84. The second-order valence-electron chi connectivity index (χ2n) is 4.10. The van der Waals surface area contributed by atoms with Crippen molar-refractivity contribution < 1.29 is 0 Å². The Labute approximate surface area is 109 Å². The van der Waals surface area contributed by atoms with Crippen molar-refractivity contribution in [2.75, 3.05) is 32.5 Å². The number of benzene rings is 1. The molecule has 0 unspecified atom stereocenters. The molecule has 4 nitrogen and oxygen atoms in total. The van der Waals surface area contributed by atoms with E-state index in [1.807, 2.05) is 38.5 Å². The van der Waals surface area contributed by atoms with E-state index in [9.17, 15) is 0 Å². The molecule has 5 heteroatoms. The van der Waals surface area contributed by atoms with Gasteiger partial charge in [-0.3, -0.25) is 0 Å². The first-order valence-corrected chi connectivity index (χ1v) is 6.26. The third-order valence-corrected chi connectivity index (χ3v) is 3.04. The molecule has 0 amide bonds. The maximum atomic E-state index is 4.48. The van der Waals surface area contributed by atoms with Crippen LogP contribution in [0.25, 0.3) is 10.9 Å². The first-order valence-electron chi connectivity index (χ1n) is 5.46. The van der Waals surface area contributed by atoms with Gasteiger partial charge in [0.2, 0.25) is 5.95 Å². The predicted molar refractivity (Wildman–Crippen MR) is 74.3 cm³/mol. The Kier molecular flexibility index (Phi) is 3.91. The molecule has 0 atom stereocenters. The molecule has 0 bridgehead atoms. The number of nitrogens with zero attached hydrogens (tertiary/aromatic N) is 3. The van der Waals surface area contributed by atoms with Gasteiger partial charge in [-0.1, -0.05) is 12.1 Å². The van der Waals surface area contributed by atoms with Gasteiger partial charge in [0.1, 0.15) is 0 Å². The van der Waals surface area contributed by atoms with Crippen LogP contribution in [0.2, 0.25) is 0 Å². The Morgan fingerprint density at radius 1 is 1.35 bits per heavy atom. The summed E-state index contributed by atoms with van der Waals surface area (Å²) in [6, 6.07) is 5.97. The van der Waals surface area contributed by atoms with Crippen molar-refractivity contribution in [3.05, 3.63) is 28.9 Å². The third-order valence-electron chi connectivity index (χ3n) is 2.40. The zero-order valence-corrected chi connectivity index (χ0v) is 11.5. The number of nitrogens with one attached hydrogen (secondary N) is 1. The van der Waals surface area contributed by atoms with Gasteiger partial charge in [-0.05, 0) is 36.1 Å². The Hall–Kier alpha value is -1.20. The van der Waals surface area contributed by atoms with E-state index in [0.29, 0.717) is 5.95 Å². The van der Waals surface area contributed by atoms with Crippen LogP contribution in [0.15, 0.2) is 28.9 Å². The molecule has 0 aliphatic carbocycles. The molecular formula is C12H15BrN4. The van der Waals surface area contributed by atoms with Crippen molar-refractivity contribution in [3.63, 3.8) is 0 Å². The van der Waals surface area contributed by atoms with E-state index in [-0.39, 0.29) is 0 Å². The van der Waals surface area contributed by atoms with E-state index < -0.39 is 0 Å². The normalized spacial score (nSPS) is 11.1. The molecule has 1 aromatic heterocycles. The van der Waals surface area contributed by atoms with Gasteiger partial charge >= 0.3 is 0 Å². The van der Waals surface area contributed by atoms with Crippen LogP contribution >= 0.6 is 15.9 Å². The Bertz CT molecular complexity index is 513. The molecule has 0 fully saturated rings. The summed E-state index contributed by atoms with van der Waals surface area (Å²) in [6.45, 7) is 1.79. The SMILES string of the molecule is CN(C)CCNc1ncc2cccc(Br)c2n1. The first-order chi connectivity index (χ1) is 8.16. The largest absolute Gasteiger partial charge is 0.353 e. The van der Waals surface area contributed by atoms with Crippen LogP contribution in [0.1, 0.15) is 0 Å².